The number of aliphatic imine (C=N–C) groups is 1. The molecular weight excluding hydrogens is 659 g/mol. The molecule has 0 unspecified atom stereocenters. The van der Waals surface area contributed by atoms with Gasteiger partial charge >= 0.3 is 10.4 Å². The number of nitrogens with two attached hydrogens (primary N) is 3. The standard InChI is InChI=1S/C14H12N2.C7H8N2O.C7H9N.C6H7N.CH3NO.CH4.H2O4S/c1-10-6-7-15-13(8-10)14-9-11-4-2-3-5-12(11)16-14;1-5-2-3-9-6(4-5)7(8)10;1-6-4-2-3-5-7(6)8;1-6-2-4-7-5-3-6;2-1-3;;1-5(2,3)4/h2-8H,9H2,1H3;2-4H,1H3,(H2,8,10);2-5H,8H2,1H3;2-5H,1H3;1H,(H2,2,3);1H4;(H2,1,2,3,4). The van der Waals surface area contributed by atoms with Crippen LogP contribution in [0, 0.1) is 27.7 Å². The summed E-state index contributed by atoms with van der Waals surface area (Å²) in [5, 5.41) is 0. The number of para-hydroxylation sites is 2. The minimum Gasteiger partial charge on any atom is -0.399 e. The lowest BCUT2D eigenvalue weighted by molar-refractivity contribution is -0.106. The maximum Gasteiger partial charge on any atom is 0.394 e. The van der Waals surface area contributed by atoms with E-state index in [0.717, 1.165) is 40.3 Å². The lowest BCUT2D eigenvalue weighted by atomic mass is 10.1. The van der Waals surface area contributed by atoms with E-state index in [1.54, 1.807) is 24.7 Å². The number of pyridine rings is 3. The summed E-state index contributed by atoms with van der Waals surface area (Å²) in [6, 6.07) is 27.6. The van der Waals surface area contributed by atoms with Crippen molar-refractivity contribution in [1.82, 2.24) is 15.0 Å². The van der Waals surface area contributed by atoms with Gasteiger partial charge in [-0.3, -0.25) is 38.6 Å². The number of anilines is 1. The molecule has 0 fully saturated rings. The van der Waals surface area contributed by atoms with Gasteiger partial charge in [0.1, 0.15) is 5.69 Å². The molecule has 0 saturated heterocycles. The Bertz CT molecular complexity index is 1880. The third-order valence-corrected chi connectivity index (χ3v) is 6.02. The molecule has 0 saturated carbocycles. The molecule has 0 spiro atoms. The number of rotatable bonds is 2. The molecule has 1 aliphatic rings. The normalized spacial score (nSPS) is 10.2. The lowest BCUT2D eigenvalue weighted by Gasteiger charge is -1.99. The SMILES string of the molecule is C.Cc1ccccc1N.Cc1ccnc(C(N)=O)c1.Cc1ccnc(C2=Nc3ccccc3C2)c1.Cc1ccncc1.NC=O.O=S(=O)(O)O. The number of aromatic nitrogens is 3. The van der Waals surface area contributed by atoms with E-state index in [1.165, 1.54) is 16.7 Å². The fraction of sp³-hybridized carbons (Fsp3) is 0.167. The number of carbonyl (C=O) groups is 2. The number of benzene rings is 2. The van der Waals surface area contributed by atoms with Gasteiger partial charge in [0, 0.05) is 36.9 Å². The van der Waals surface area contributed by atoms with E-state index < -0.39 is 16.3 Å². The van der Waals surface area contributed by atoms with Crippen LogP contribution in [0.25, 0.3) is 0 Å². The van der Waals surface area contributed by atoms with E-state index >= 15 is 0 Å². The Kier molecular flexibility index (Phi) is 20.7. The molecular formula is C36H45N7O6S. The Morgan fingerprint density at radius 2 is 1.28 bits per heavy atom. The van der Waals surface area contributed by atoms with Crippen LogP contribution in [0.3, 0.4) is 0 Å². The van der Waals surface area contributed by atoms with Gasteiger partial charge in [-0.25, -0.2) is 0 Å². The van der Waals surface area contributed by atoms with Gasteiger partial charge < -0.3 is 17.2 Å². The second kappa shape index (κ2) is 23.5. The molecule has 14 heteroatoms. The highest BCUT2D eigenvalue weighted by Gasteiger charge is 2.16. The molecule has 2 aromatic carbocycles. The molecule has 0 atom stereocenters. The fourth-order valence-corrected chi connectivity index (χ4v) is 3.66. The molecule has 266 valence electrons. The van der Waals surface area contributed by atoms with Crippen molar-refractivity contribution in [1.29, 1.82) is 0 Å². The number of aryl methyl sites for hydroxylation is 4. The smallest absolute Gasteiger partial charge is 0.394 e. The molecule has 3 aromatic heterocycles. The molecule has 50 heavy (non-hydrogen) atoms. The van der Waals surface area contributed by atoms with Crippen molar-refractivity contribution in [3.05, 3.63) is 149 Å². The third-order valence-electron chi connectivity index (χ3n) is 6.02. The Morgan fingerprint density at radius 3 is 1.70 bits per heavy atom. The van der Waals surface area contributed by atoms with Gasteiger partial charge in [0.05, 0.1) is 17.1 Å². The fourth-order valence-electron chi connectivity index (χ4n) is 3.66. The predicted molar refractivity (Wildman–Crippen MR) is 199 cm³/mol. The number of nitrogens with zero attached hydrogens (tertiary/aromatic N) is 4. The number of carbonyl (C=O) groups excluding carboxylic acids is 2. The topological polar surface area (TPSA) is 238 Å². The predicted octanol–water partition coefficient (Wildman–Crippen LogP) is 5.61. The van der Waals surface area contributed by atoms with Crippen LogP contribution in [0.2, 0.25) is 0 Å². The zero-order chi connectivity index (χ0) is 36.8. The summed E-state index contributed by atoms with van der Waals surface area (Å²) >= 11 is 0. The summed E-state index contributed by atoms with van der Waals surface area (Å²) in [5.74, 6) is -0.483. The van der Waals surface area contributed by atoms with Gasteiger partial charge in [0.15, 0.2) is 0 Å². The monoisotopic (exact) mass is 703 g/mol. The second-order valence-electron chi connectivity index (χ2n) is 10.1. The maximum absolute atomic E-state index is 10.5. The molecule has 1 aliphatic heterocycles. The van der Waals surface area contributed by atoms with Crippen LogP contribution in [0.4, 0.5) is 11.4 Å². The summed E-state index contributed by atoms with van der Waals surface area (Å²) in [5.41, 5.74) is 24.9. The van der Waals surface area contributed by atoms with Crippen LogP contribution in [-0.4, -0.2) is 50.5 Å². The minimum absolute atomic E-state index is 0. The molecule has 0 aliphatic carbocycles. The maximum atomic E-state index is 10.5. The molecule has 6 rings (SSSR count). The minimum atomic E-state index is -4.67. The Morgan fingerprint density at radius 1 is 0.780 bits per heavy atom. The van der Waals surface area contributed by atoms with Crippen molar-refractivity contribution in [2.24, 2.45) is 16.5 Å². The number of fused-ring (bicyclic) bond motifs is 1. The Balaban J connectivity index is 0.000000619. The van der Waals surface area contributed by atoms with Crippen LogP contribution < -0.4 is 17.2 Å². The van der Waals surface area contributed by atoms with Crippen molar-refractivity contribution in [2.75, 3.05) is 5.73 Å². The first kappa shape index (κ1) is 44.2. The molecule has 0 bridgehead atoms. The number of hydrogen-bond donors (Lipinski definition) is 5. The highest BCUT2D eigenvalue weighted by molar-refractivity contribution is 7.79. The van der Waals surface area contributed by atoms with Crippen molar-refractivity contribution in [2.45, 2.75) is 41.5 Å². The van der Waals surface area contributed by atoms with E-state index in [9.17, 15) is 4.79 Å². The average Bonchev–Trinajstić information content (AvgIpc) is 3.48. The molecule has 2 amide bonds. The first-order chi connectivity index (χ1) is 23.1. The van der Waals surface area contributed by atoms with Gasteiger partial charge in [-0.1, -0.05) is 43.8 Å². The van der Waals surface area contributed by atoms with E-state index in [2.05, 4.69) is 56.9 Å². The molecule has 4 heterocycles. The summed E-state index contributed by atoms with van der Waals surface area (Å²) in [7, 11) is -4.67. The van der Waals surface area contributed by atoms with Crippen molar-refractivity contribution in [3.63, 3.8) is 0 Å². The summed E-state index contributed by atoms with van der Waals surface area (Å²) in [6.07, 6.45) is 8.13. The van der Waals surface area contributed by atoms with Gasteiger partial charge in [-0.15, -0.1) is 0 Å². The molecule has 13 nitrogen and oxygen atoms in total. The van der Waals surface area contributed by atoms with Crippen molar-refractivity contribution < 1.29 is 27.1 Å². The lowest BCUT2D eigenvalue weighted by Crippen LogP contribution is -2.12. The van der Waals surface area contributed by atoms with Crippen LogP contribution in [0.15, 0.2) is 115 Å². The number of hydrogen-bond acceptors (Lipinski definition) is 9. The number of primary amides is 2. The van der Waals surface area contributed by atoms with E-state index in [-0.39, 0.29) is 13.8 Å². The summed E-state index contributed by atoms with van der Waals surface area (Å²) in [6.45, 7) is 8.00. The highest BCUT2D eigenvalue weighted by Crippen LogP contribution is 2.27. The first-order valence-electron chi connectivity index (χ1n) is 14.5. The number of nitrogen functional groups attached to an aromatic ring is 1. The Labute approximate surface area is 294 Å². The van der Waals surface area contributed by atoms with E-state index in [4.69, 9.17) is 33.8 Å². The zero-order valence-corrected chi connectivity index (χ0v) is 28.4. The average molecular weight is 704 g/mol. The van der Waals surface area contributed by atoms with E-state index in [1.807, 2.05) is 81.6 Å². The quantitative estimate of drug-likeness (QED) is 0.0865. The molecule has 8 N–H and O–H groups in total. The largest absolute Gasteiger partial charge is 0.399 e. The highest BCUT2D eigenvalue weighted by atomic mass is 32.3. The zero-order valence-electron chi connectivity index (χ0n) is 27.6. The van der Waals surface area contributed by atoms with Crippen LogP contribution >= 0.6 is 0 Å². The summed E-state index contributed by atoms with van der Waals surface area (Å²) < 4.78 is 31.6. The van der Waals surface area contributed by atoms with Gasteiger partial charge in [-0.2, -0.15) is 8.42 Å². The van der Waals surface area contributed by atoms with Gasteiger partial charge in [0.25, 0.3) is 5.91 Å². The van der Waals surface area contributed by atoms with Crippen molar-refractivity contribution in [3.8, 4) is 0 Å². The van der Waals surface area contributed by atoms with E-state index in [0.29, 0.717) is 5.69 Å². The Hall–Kier alpha value is -5.83. The molecule has 0 radical (unpaired) electrons. The van der Waals surface area contributed by atoms with Gasteiger partial charge in [-0.05, 0) is 104 Å². The third kappa shape index (κ3) is 19.7. The van der Waals surface area contributed by atoms with Crippen LogP contribution in [0.5, 0.6) is 0 Å². The van der Waals surface area contributed by atoms with Crippen LogP contribution in [0.1, 0.15) is 51.4 Å². The van der Waals surface area contributed by atoms with Crippen LogP contribution in [-0.2, 0) is 21.6 Å². The summed E-state index contributed by atoms with van der Waals surface area (Å²) in [4.78, 5) is 35.7. The molecule has 5 aromatic rings. The number of amides is 2. The first-order valence-corrected chi connectivity index (χ1v) is 15.9. The second-order valence-corrected chi connectivity index (χ2v) is 11.0. The van der Waals surface area contributed by atoms with Gasteiger partial charge in [0.2, 0.25) is 6.41 Å². The van der Waals surface area contributed by atoms with Crippen molar-refractivity contribution >= 4 is 39.8 Å².